The molecule has 0 fully saturated rings. The molecular formula is C12H14N4O4S. The molecule has 2 rings (SSSR count). The molecule has 2 aromatic rings. The molecule has 0 radical (unpaired) electrons. The van der Waals surface area contributed by atoms with Crippen molar-refractivity contribution in [1.82, 2.24) is 19.5 Å². The minimum absolute atomic E-state index is 0.0790. The molecule has 21 heavy (non-hydrogen) atoms. The number of carboxylic acids is 1. The van der Waals surface area contributed by atoms with Gasteiger partial charge < -0.3 is 5.11 Å². The van der Waals surface area contributed by atoms with E-state index in [0.29, 0.717) is 0 Å². The van der Waals surface area contributed by atoms with Crippen molar-refractivity contribution in [2.45, 2.75) is 24.4 Å². The third kappa shape index (κ3) is 3.86. The number of hydrogen-bond donors (Lipinski definition) is 2. The van der Waals surface area contributed by atoms with E-state index in [2.05, 4.69) is 14.8 Å². The number of pyridine rings is 1. The Kier molecular flexibility index (Phi) is 4.34. The van der Waals surface area contributed by atoms with Crippen molar-refractivity contribution in [3.63, 3.8) is 0 Å². The fourth-order valence-corrected chi connectivity index (χ4v) is 2.91. The second kappa shape index (κ2) is 6.02. The van der Waals surface area contributed by atoms with Crippen LogP contribution >= 0.6 is 0 Å². The Morgan fingerprint density at radius 2 is 2.10 bits per heavy atom. The molecule has 2 heterocycles. The number of rotatable bonds is 6. The van der Waals surface area contributed by atoms with Crippen LogP contribution in [0.3, 0.4) is 0 Å². The van der Waals surface area contributed by atoms with Gasteiger partial charge in [-0.1, -0.05) is 0 Å². The largest absolute Gasteiger partial charge is 0.480 e. The number of hydrogen-bond acceptors (Lipinski definition) is 5. The zero-order chi connectivity index (χ0) is 15.5. The molecule has 0 saturated heterocycles. The first-order chi connectivity index (χ1) is 9.88. The van der Waals surface area contributed by atoms with Crippen LogP contribution < -0.4 is 4.72 Å². The molecule has 0 saturated carbocycles. The average molecular weight is 310 g/mol. The van der Waals surface area contributed by atoms with Crippen LogP contribution in [0.4, 0.5) is 0 Å². The van der Waals surface area contributed by atoms with E-state index in [-0.39, 0.29) is 4.90 Å². The fraction of sp³-hybridized carbons (Fsp3) is 0.250. The predicted molar refractivity (Wildman–Crippen MR) is 72.8 cm³/mol. The molecule has 2 aromatic heterocycles. The normalized spacial score (nSPS) is 13.0. The molecule has 0 bridgehead atoms. The van der Waals surface area contributed by atoms with Gasteiger partial charge in [0.1, 0.15) is 11.4 Å². The molecule has 0 spiro atoms. The van der Waals surface area contributed by atoms with Gasteiger partial charge in [0.05, 0.1) is 6.20 Å². The highest BCUT2D eigenvalue weighted by atomic mass is 32.2. The van der Waals surface area contributed by atoms with Crippen LogP contribution in [0.15, 0.2) is 41.8 Å². The Bertz CT molecular complexity index is 727. The third-order valence-electron chi connectivity index (χ3n) is 2.76. The molecule has 112 valence electrons. The summed E-state index contributed by atoms with van der Waals surface area (Å²) in [6, 6.07) is 2.98. The van der Waals surface area contributed by atoms with Crippen molar-refractivity contribution in [1.29, 1.82) is 0 Å². The van der Waals surface area contributed by atoms with Gasteiger partial charge in [-0.2, -0.15) is 5.10 Å². The number of carbonyl (C=O) groups is 1. The Hall–Kier alpha value is -2.26. The van der Waals surface area contributed by atoms with E-state index in [0.717, 1.165) is 16.4 Å². The second-order valence-corrected chi connectivity index (χ2v) is 6.10. The maximum absolute atomic E-state index is 12.2. The monoisotopic (exact) mass is 310 g/mol. The molecule has 1 unspecified atom stereocenters. The van der Waals surface area contributed by atoms with Crippen LogP contribution in [0.2, 0.25) is 0 Å². The van der Waals surface area contributed by atoms with Gasteiger partial charge in [0.15, 0.2) is 0 Å². The summed E-state index contributed by atoms with van der Waals surface area (Å²) in [5.41, 5.74) is 0.770. The highest BCUT2D eigenvalue weighted by Crippen LogP contribution is 2.15. The Labute approximate surface area is 121 Å². The van der Waals surface area contributed by atoms with Gasteiger partial charge in [0.2, 0.25) is 10.0 Å². The lowest BCUT2D eigenvalue weighted by Crippen LogP contribution is -2.26. The average Bonchev–Trinajstić information content (AvgIpc) is 2.88. The first-order valence-corrected chi connectivity index (χ1v) is 7.53. The SMILES string of the molecule is CC(NS(=O)(=O)c1cnn(CC(=O)O)c1)c1ccncc1. The molecule has 1 atom stereocenters. The van der Waals surface area contributed by atoms with E-state index in [1.165, 1.54) is 6.20 Å². The molecule has 0 amide bonds. The summed E-state index contributed by atoms with van der Waals surface area (Å²) in [5.74, 6) is -1.10. The van der Waals surface area contributed by atoms with Crippen LogP contribution in [0.1, 0.15) is 18.5 Å². The van der Waals surface area contributed by atoms with E-state index in [1.54, 1.807) is 31.5 Å². The topological polar surface area (TPSA) is 114 Å². The second-order valence-electron chi connectivity index (χ2n) is 4.39. The lowest BCUT2D eigenvalue weighted by molar-refractivity contribution is -0.137. The fourth-order valence-electron chi connectivity index (χ4n) is 1.73. The van der Waals surface area contributed by atoms with Crippen molar-refractivity contribution in [2.24, 2.45) is 0 Å². The zero-order valence-corrected chi connectivity index (χ0v) is 12.0. The van der Waals surface area contributed by atoms with E-state index in [4.69, 9.17) is 5.11 Å². The summed E-state index contributed by atoms with van der Waals surface area (Å²) in [5, 5.41) is 12.4. The van der Waals surface area contributed by atoms with Gasteiger partial charge in [-0.15, -0.1) is 0 Å². The number of aliphatic carboxylic acids is 1. The van der Waals surface area contributed by atoms with Crippen molar-refractivity contribution >= 4 is 16.0 Å². The van der Waals surface area contributed by atoms with Crippen LogP contribution in [0.5, 0.6) is 0 Å². The minimum Gasteiger partial charge on any atom is -0.480 e. The summed E-state index contributed by atoms with van der Waals surface area (Å²) in [7, 11) is -3.77. The van der Waals surface area contributed by atoms with Gasteiger partial charge >= 0.3 is 5.97 Å². The Balaban J connectivity index is 2.15. The number of nitrogens with one attached hydrogen (secondary N) is 1. The Morgan fingerprint density at radius 3 is 2.71 bits per heavy atom. The summed E-state index contributed by atoms with van der Waals surface area (Å²) in [6.45, 7) is 1.31. The van der Waals surface area contributed by atoms with E-state index in [9.17, 15) is 13.2 Å². The van der Waals surface area contributed by atoms with Gasteiger partial charge in [-0.3, -0.25) is 14.5 Å². The van der Waals surface area contributed by atoms with Crippen LogP contribution in [-0.2, 0) is 21.4 Å². The van der Waals surface area contributed by atoms with E-state index < -0.39 is 28.6 Å². The molecule has 9 heteroatoms. The predicted octanol–water partition coefficient (Wildman–Crippen LogP) is 0.402. The van der Waals surface area contributed by atoms with E-state index in [1.807, 2.05) is 0 Å². The van der Waals surface area contributed by atoms with Crippen LogP contribution in [0, 0.1) is 0 Å². The summed E-state index contributed by atoms with van der Waals surface area (Å²) in [6.07, 6.45) is 5.44. The lowest BCUT2D eigenvalue weighted by Gasteiger charge is -2.13. The number of nitrogens with zero attached hydrogens (tertiary/aromatic N) is 3. The maximum atomic E-state index is 12.2. The molecule has 0 aromatic carbocycles. The highest BCUT2D eigenvalue weighted by Gasteiger charge is 2.20. The quantitative estimate of drug-likeness (QED) is 0.798. The lowest BCUT2D eigenvalue weighted by atomic mass is 10.1. The zero-order valence-electron chi connectivity index (χ0n) is 11.2. The van der Waals surface area contributed by atoms with Crippen molar-refractivity contribution in [3.8, 4) is 0 Å². The standard InChI is InChI=1S/C12H14N4O4S/c1-9(10-2-4-13-5-3-10)15-21(19,20)11-6-14-16(7-11)8-12(17)18/h2-7,9,15H,8H2,1H3,(H,17,18). The molecule has 2 N–H and O–H groups in total. The molecule has 0 aliphatic heterocycles. The first kappa shape index (κ1) is 15.1. The molecule has 8 nitrogen and oxygen atoms in total. The van der Waals surface area contributed by atoms with Crippen LogP contribution in [-0.4, -0.2) is 34.3 Å². The van der Waals surface area contributed by atoms with Gasteiger partial charge in [-0.25, -0.2) is 13.1 Å². The highest BCUT2D eigenvalue weighted by molar-refractivity contribution is 7.89. The van der Waals surface area contributed by atoms with Gasteiger partial charge in [-0.05, 0) is 24.6 Å². The molecule has 0 aliphatic carbocycles. The third-order valence-corrected chi connectivity index (χ3v) is 4.25. The number of aromatic nitrogens is 3. The van der Waals surface area contributed by atoms with Crippen molar-refractivity contribution in [2.75, 3.05) is 0 Å². The van der Waals surface area contributed by atoms with Gasteiger partial charge in [0.25, 0.3) is 0 Å². The van der Waals surface area contributed by atoms with Crippen LogP contribution in [0.25, 0.3) is 0 Å². The van der Waals surface area contributed by atoms with Gasteiger partial charge in [0, 0.05) is 24.6 Å². The Morgan fingerprint density at radius 1 is 1.43 bits per heavy atom. The number of sulfonamides is 1. The summed E-state index contributed by atoms with van der Waals surface area (Å²) < 4.78 is 27.9. The molecule has 0 aliphatic rings. The smallest absolute Gasteiger partial charge is 0.325 e. The van der Waals surface area contributed by atoms with Crippen molar-refractivity contribution in [3.05, 3.63) is 42.5 Å². The van der Waals surface area contributed by atoms with E-state index >= 15 is 0 Å². The summed E-state index contributed by atoms with van der Waals surface area (Å²) >= 11 is 0. The molecular weight excluding hydrogens is 296 g/mol. The number of carboxylic acid groups (broad SMARTS) is 1. The summed E-state index contributed by atoms with van der Waals surface area (Å²) in [4.78, 5) is 14.3. The first-order valence-electron chi connectivity index (χ1n) is 6.05. The minimum atomic E-state index is -3.77. The maximum Gasteiger partial charge on any atom is 0.325 e. The van der Waals surface area contributed by atoms with Crippen molar-refractivity contribution < 1.29 is 18.3 Å².